The van der Waals surface area contributed by atoms with E-state index >= 15 is 0 Å². The normalized spacial score (nSPS) is 23.9. The highest BCUT2D eigenvalue weighted by atomic mass is 16.1. The molecule has 1 saturated carbocycles. The van der Waals surface area contributed by atoms with E-state index in [1.807, 2.05) is 0 Å². The summed E-state index contributed by atoms with van der Waals surface area (Å²) < 4.78 is 0. The highest BCUT2D eigenvalue weighted by molar-refractivity contribution is 5.76. The Morgan fingerprint density at radius 3 is 2.41 bits per heavy atom. The van der Waals surface area contributed by atoms with E-state index in [0.29, 0.717) is 18.9 Å². The number of nitrogens with two attached hydrogens (primary N) is 1. The third-order valence-electron chi connectivity index (χ3n) is 5.55. The number of carbonyl (C=O) groups is 1. The first-order valence-corrected chi connectivity index (χ1v) is 9.33. The van der Waals surface area contributed by atoms with Crippen molar-refractivity contribution in [2.75, 3.05) is 32.7 Å². The Morgan fingerprint density at radius 2 is 1.77 bits per heavy atom. The zero-order valence-electron chi connectivity index (χ0n) is 14.4. The van der Waals surface area contributed by atoms with Crippen LogP contribution in [0.25, 0.3) is 0 Å². The molecule has 0 radical (unpaired) electrons. The molecule has 1 atom stereocenters. The number of piperidine rings is 1. The molecule has 0 bridgehead atoms. The van der Waals surface area contributed by atoms with Gasteiger partial charge in [0.2, 0.25) is 5.91 Å². The number of rotatable bonds is 7. The first-order valence-electron chi connectivity index (χ1n) is 9.33. The van der Waals surface area contributed by atoms with Gasteiger partial charge < -0.3 is 16.0 Å². The van der Waals surface area contributed by atoms with Gasteiger partial charge in [-0.3, -0.25) is 4.79 Å². The van der Waals surface area contributed by atoms with E-state index in [0.717, 1.165) is 25.9 Å². The van der Waals surface area contributed by atoms with Gasteiger partial charge in [0, 0.05) is 19.5 Å². The molecule has 2 aliphatic rings. The molecule has 4 heteroatoms. The lowest BCUT2D eigenvalue weighted by Crippen LogP contribution is -2.41. The second-order valence-corrected chi connectivity index (χ2v) is 7.71. The Kier molecular flexibility index (Phi) is 7.16. The molecule has 128 valence electrons. The molecule has 0 aromatic carbocycles. The molecule has 1 amide bonds. The fourth-order valence-electron chi connectivity index (χ4n) is 4.09. The van der Waals surface area contributed by atoms with Gasteiger partial charge in [-0.2, -0.15) is 0 Å². The number of carbonyl (C=O) groups excluding carboxylic acids is 1. The molecule has 0 aromatic rings. The Labute approximate surface area is 136 Å². The van der Waals surface area contributed by atoms with Crippen LogP contribution in [0.5, 0.6) is 0 Å². The van der Waals surface area contributed by atoms with Crippen LogP contribution in [0.3, 0.4) is 0 Å². The van der Waals surface area contributed by atoms with Crippen molar-refractivity contribution in [3.63, 3.8) is 0 Å². The summed E-state index contributed by atoms with van der Waals surface area (Å²) in [5.74, 6) is 0.736. The lowest BCUT2D eigenvalue weighted by Gasteiger charge is -2.35. The van der Waals surface area contributed by atoms with E-state index in [4.69, 9.17) is 5.73 Å². The number of nitrogens with zero attached hydrogens (tertiary/aromatic N) is 1. The largest absolute Gasteiger partial charge is 0.356 e. The van der Waals surface area contributed by atoms with Gasteiger partial charge in [-0.25, -0.2) is 0 Å². The molecule has 22 heavy (non-hydrogen) atoms. The van der Waals surface area contributed by atoms with Gasteiger partial charge >= 0.3 is 0 Å². The first kappa shape index (κ1) is 17.7. The lowest BCUT2D eigenvalue weighted by atomic mass is 9.71. The average Bonchev–Trinajstić information content (AvgIpc) is 2.55. The summed E-state index contributed by atoms with van der Waals surface area (Å²) in [6.07, 6.45) is 10.7. The predicted octanol–water partition coefficient (Wildman–Crippen LogP) is 2.52. The number of hydrogen-bond acceptors (Lipinski definition) is 3. The summed E-state index contributed by atoms with van der Waals surface area (Å²) in [7, 11) is 0. The minimum atomic E-state index is 0.0818. The van der Waals surface area contributed by atoms with Gasteiger partial charge in [0.05, 0.1) is 0 Å². The van der Waals surface area contributed by atoms with Crippen LogP contribution in [0.2, 0.25) is 0 Å². The predicted molar refractivity (Wildman–Crippen MR) is 91.7 cm³/mol. The van der Waals surface area contributed by atoms with Crippen molar-refractivity contribution in [3.05, 3.63) is 0 Å². The van der Waals surface area contributed by atoms with Gasteiger partial charge in [0.15, 0.2) is 0 Å². The molecule has 0 spiro atoms. The van der Waals surface area contributed by atoms with E-state index < -0.39 is 0 Å². The molecule has 2 fully saturated rings. The molecule has 3 N–H and O–H groups in total. The fourth-order valence-corrected chi connectivity index (χ4v) is 4.09. The Morgan fingerprint density at radius 1 is 1.14 bits per heavy atom. The summed E-state index contributed by atoms with van der Waals surface area (Å²) in [5, 5.41) is 3.16. The fraction of sp³-hybridized carbons (Fsp3) is 0.944. The van der Waals surface area contributed by atoms with Crippen LogP contribution < -0.4 is 11.1 Å². The molecular formula is C18H35N3O. The Balaban J connectivity index is 1.67. The van der Waals surface area contributed by atoms with Gasteiger partial charge in [0.1, 0.15) is 0 Å². The standard InChI is InChI=1S/C18H35N3O/c1-16(14-21-10-6-3-7-11-21)13-20-17(22)12-18(15-19)8-4-2-5-9-18/h16H,2-15,19H2,1H3,(H,20,22). The van der Waals surface area contributed by atoms with E-state index in [1.54, 1.807) is 0 Å². The van der Waals surface area contributed by atoms with Crippen molar-refractivity contribution in [2.45, 2.75) is 64.7 Å². The highest BCUT2D eigenvalue weighted by Gasteiger charge is 2.32. The van der Waals surface area contributed by atoms with E-state index in [2.05, 4.69) is 17.1 Å². The van der Waals surface area contributed by atoms with Gasteiger partial charge in [0.25, 0.3) is 0 Å². The molecule has 1 heterocycles. The van der Waals surface area contributed by atoms with Gasteiger partial charge in [-0.1, -0.05) is 32.6 Å². The van der Waals surface area contributed by atoms with Gasteiger partial charge in [-0.15, -0.1) is 0 Å². The second kappa shape index (κ2) is 8.88. The van der Waals surface area contributed by atoms with Crippen LogP contribution >= 0.6 is 0 Å². The van der Waals surface area contributed by atoms with E-state index in [-0.39, 0.29) is 11.3 Å². The summed E-state index contributed by atoms with van der Waals surface area (Å²) in [6.45, 7) is 7.28. The summed E-state index contributed by atoms with van der Waals surface area (Å²) in [6, 6.07) is 0. The first-order chi connectivity index (χ1) is 10.6. The average molecular weight is 309 g/mol. The minimum Gasteiger partial charge on any atom is -0.356 e. The molecule has 2 rings (SSSR count). The molecule has 4 nitrogen and oxygen atoms in total. The zero-order chi connectivity index (χ0) is 15.8. The van der Waals surface area contributed by atoms with Crippen LogP contribution in [0, 0.1) is 11.3 Å². The SMILES string of the molecule is CC(CNC(=O)CC1(CN)CCCCC1)CN1CCCCC1. The number of nitrogens with one attached hydrogen (secondary N) is 1. The number of amides is 1. The second-order valence-electron chi connectivity index (χ2n) is 7.71. The monoisotopic (exact) mass is 309 g/mol. The maximum absolute atomic E-state index is 12.3. The highest BCUT2D eigenvalue weighted by Crippen LogP contribution is 2.38. The topological polar surface area (TPSA) is 58.4 Å². The Hall–Kier alpha value is -0.610. The molecule has 1 aliphatic carbocycles. The Bertz CT molecular complexity index is 333. The van der Waals surface area contributed by atoms with Gasteiger partial charge in [-0.05, 0) is 56.7 Å². The third-order valence-corrected chi connectivity index (χ3v) is 5.55. The molecule has 1 unspecified atom stereocenters. The summed E-state index contributed by atoms with van der Waals surface area (Å²) >= 11 is 0. The van der Waals surface area contributed by atoms with Crippen molar-refractivity contribution in [1.29, 1.82) is 0 Å². The van der Waals surface area contributed by atoms with E-state index in [1.165, 1.54) is 51.6 Å². The lowest BCUT2D eigenvalue weighted by molar-refractivity contribution is -0.124. The smallest absolute Gasteiger partial charge is 0.220 e. The molecule has 1 saturated heterocycles. The quantitative estimate of drug-likeness (QED) is 0.760. The van der Waals surface area contributed by atoms with Crippen molar-refractivity contribution in [1.82, 2.24) is 10.2 Å². The molecular weight excluding hydrogens is 274 g/mol. The number of likely N-dealkylation sites (tertiary alicyclic amines) is 1. The maximum Gasteiger partial charge on any atom is 0.220 e. The van der Waals surface area contributed by atoms with Crippen molar-refractivity contribution < 1.29 is 4.79 Å². The third kappa shape index (κ3) is 5.54. The van der Waals surface area contributed by atoms with Crippen LogP contribution in [-0.2, 0) is 4.79 Å². The minimum absolute atomic E-state index is 0.0818. The van der Waals surface area contributed by atoms with Crippen molar-refractivity contribution in [2.24, 2.45) is 17.1 Å². The molecule has 1 aliphatic heterocycles. The van der Waals surface area contributed by atoms with Crippen LogP contribution in [0.15, 0.2) is 0 Å². The van der Waals surface area contributed by atoms with Crippen LogP contribution in [0.1, 0.15) is 64.7 Å². The maximum atomic E-state index is 12.3. The van der Waals surface area contributed by atoms with Crippen molar-refractivity contribution in [3.8, 4) is 0 Å². The summed E-state index contributed by atoms with van der Waals surface area (Å²) in [4.78, 5) is 14.8. The zero-order valence-corrected chi connectivity index (χ0v) is 14.4. The number of hydrogen-bond donors (Lipinski definition) is 2. The molecule has 0 aromatic heterocycles. The van der Waals surface area contributed by atoms with E-state index in [9.17, 15) is 4.79 Å². The van der Waals surface area contributed by atoms with Crippen LogP contribution in [-0.4, -0.2) is 43.5 Å². The van der Waals surface area contributed by atoms with Crippen LogP contribution in [0.4, 0.5) is 0 Å². The van der Waals surface area contributed by atoms with Crippen molar-refractivity contribution >= 4 is 5.91 Å². The summed E-state index contributed by atoms with van der Waals surface area (Å²) in [5.41, 5.74) is 6.06.